The van der Waals surface area contributed by atoms with Crippen molar-refractivity contribution in [1.82, 2.24) is 5.01 Å². The molecule has 3 N–H and O–H groups in total. The summed E-state index contributed by atoms with van der Waals surface area (Å²) in [5.74, 6) is 0. The molecule has 0 aromatic carbocycles. The van der Waals surface area contributed by atoms with Crippen molar-refractivity contribution in [3.63, 3.8) is 0 Å². The molecule has 0 amide bonds. The van der Waals surface area contributed by atoms with Gasteiger partial charge < -0.3 is 15.3 Å². The summed E-state index contributed by atoms with van der Waals surface area (Å²) in [6, 6.07) is 0. The van der Waals surface area contributed by atoms with Crippen molar-refractivity contribution in [2.75, 3.05) is 26.3 Å². The molecule has 0 aromatic heterocycles. The molecule has 0 heterocycles. The maximum Gasteiger partial charge on any atom is 0.160 e. The van der Waals surface area contributed by atoms with Crippen molar-refractivity contribution < 1.29 is 20.4 Å². The van der Waals surface area contributed by atoms with Gasteiger partial charge in [-0.15, -0.1) is 5.01 Å². The summed E-state index contributed by atoms with van der Waals surface area (Å²) < 4.78 is 0. The average molecular weight is 180 g/mol. The van der Waals surface area contributed by atoms with E-state index >= 15 is 0 Å². The van der Waals surface area contributed by atoms with Crippen molar-refractivity contribution in [3.05, 3.63) is 10.1 Å². The maximum absolute atomic E-state index is 10.2. The molecule has 0 saturated carbocycles. The van der Waals surface area contributed by atoms with Gasteiger partial charge in [-0.1, -0.05) is 0 Å². The number of aliphatic hydroxyl groups is 3. The van der Waals surface area contributed by atoms with Crippen molar-refractivity contribution in [1.29, 1.82) is 0 Å². The van der Waals surface area contributed by atoms with Crippen LogP contribution in [0.25, 0.3) is 0 Å². The minimum atomic E-state index is -1.15. The minimum Gasteiger partial charge on any atom is -0.394 e. The van der Waals surface area contributed by atoms with Crippen LogP contribution in [0.2, 0.25) is 0 Å². The Bertz CT molecular complexity index is 142. The van der Waals surface area contributed by atoms with E-state index in [0.717, 1.165) is 0 Å². The molecule has 0 bridgehead atoms. The topological polar surface area (TPSA) is 107 Å². The van der Waals surface area contributed by atoms with Gasteiger partial charge in [0.25, 0.3) is 0 Å². The summed E-state index contributed by atoms with van der Waals surface area (Å²) in [7, 11) is 0. The lowest BCUT2D eigenvalue weighted by molar-refractivity contribution is -0.657. The van der Waals surface area contributed by atoms with E-state index in [2.05, 4.69) is 0 Å². The monoisotopic (exact) mass is 180 g/mol. The third-order valence-electron chi connectivity index (χ3n) is 1.22. The molecule has 0 radical (unpaired) electrons. The van der Waals surface area contributed by atoms with E-state index in [0.29, 0.717) is 5.01 Å². The van der Waals surface area contributed by atoms with Crippen molar-refractivity contribution >= 4 is 0 Å². The molecule has 7 heteroatoms. The Kier molecular flexibility index (Phi) is 5.26. The Morgan fingerprint density at radius 1 is 1.50 bits per heavy atom. The molecule has 0 aliphatic rings. The van der Waals surface area contributed by atoms with Gasteiger partial charge in [0.1, 0.15) is 19.2 Å². The Hall–Kier alpha value is -0.920. The van der Waals surface area contributed by atoms with Crippen LogP contribution in [0, 0.1) is 10.1 Å². The first-order chi connectivity index (χ1) is 5.61. The molecular weight excluding hydrogens is 168 g/mol. The summed E-state index contributed by atoms with van der Waals surface area (Å²) in [4.78, 5) is 10.2. The highest BCUT2D eigenvalue weighted by Gasteiger charge is 2.17. The second-order valence-corrected chi connectivity index (χ2v) is 2.21. The predicted molar refractivity (Wildman–Crippen MR) is 38.7 cm³/mol. The predicted octanol–water partition coefficient (Wildman–Crippen LogP) is -2.17. The molecule has 7 nitrogen and oxygen atoms in total. The Balaban J connectivity index is 3.86. The number of nitrogens with zero attached hydrogens (tertiary/aromatic N) is 2. The molecule has 0 saturated heterocycles. The summed E-state index contributed by atoms with van der Waals surface area (Å²) >= 11 is 0. The van der Waals surface area contributed by atoms with Gasteiger partial charge in [0.15, 0.2) is 5.03 Å². The SMILES string of the molecule is O=[N+]([O-])N(CCO)CC(O)CO. The molecule has 72 valence electrons. The fraction of sp³-hybridized carbons (Fsp3) is 1.00. The molecule has 12 heavy (non-hydrogen) atoms. The van der Waals surface area contributed by atoms with Crippen LogP contribution in [0.15, 0.2) is 0 Å². The van der Waals surface area contributed by atoms with E-state index < -0.39 is 17.7 Å². The fourth-order valence-corrected chi connectivity index (χ4v) is 0.656. The third-order valence-corrected chi connectivity index (χ3v) is 1.22. The van der Waals surface area contributed by atoms with Crippen LogP contribution in [0.4, 0.5) is 0 Å². The smallest absolute Gasteiger partial charge is 0.160 e. The lowest BCUT2D eigenvalue weighted by Gasteiger charge is -2.15. The highest BCUT2D eigenvalue weighted by Crippen LogP contribution is 1.91. The standard InChI is InChI=1S/C5H12N2O5/c8-2-1-6(7(11)12)3-5(10)4-9/h5,8-10H,1-4H2. The van der Waals surface area contributed by atoms with Crippen LogP contribution in [0.3, 0.4) is 0 Å². The first-order valence-electron chi connectivity index (χ1n) is 3.40. The Morgan fingerprint density at radius 3 is 2.42 bits per heavy atom. The first-order valence-corrected chi connectivity index (χ1v) is 3.40. The van der Waals surface area contributed by atoms with E-state index in [1.54, 1.807) is 0 Å². The Labute approximate surface area is 69.0 Å². The number of rotatable bonds is 6. The molecule has 0 spiro atoms. The first kappa shape index (κ1) is 11.1. The molecule has 0 fully saturated rings. The van der Waals surface area contributed by atoms with E-state index in [-0.39, 0.29) is 19.7 Å². The zero-order valence-corrected chi connectivity index (χ0v) is 6.46. The van der Waals surface area contributed by atoms with Crippen molar-refractivity contribution in [2.45, 2.75) is 6.10 Å². The molecule has 0 aromatic rings. The maximum atomic E-state index is 10.2. The molecule has 1 unspecified atom stereocenters. The number of hydrazine groups is 1. The van der Waals surface area contributed by atoms with Crippen LogP contribution in [-0.2, 0) is 0 Å². The van der Waals surface area contributed by atoms with Crippen LogP contribution in [-0.4, -0.2) is 57.8 Å². The number of hydrogen-bond acceptors (Lipinski definition) is 5. The van der Waals surface area contributed by atoms with Crippen molar-refractivity contribution in [3.8, 4) is 0 Å². The van der Waals surface area contributed by atoms with Gasteiger partial charge in [0.05, 0.1) is 13.2 Å². The lowest BCUT2D eigenvalue weighted by atomic mass is 10.4. The van der Waals surface area contributed by atoms with Crippen LogP contribution < -0.4 is 0 Å². The highest BCUT2D eigenvalue weighted by atomic mass is 16.7. The van der Waals surface area contributed by atoms with E-state index in [4.69, 9.17) is 15.3 Å². The second kappa shape index (κ2) is 5.70. The summed E-state index contributed by atoms with van der Waals surface area (Å²) in [5, 5.41) is 35.7. The van der Waals surface area contributed by atoms with Crippen molar-refractivity contribution in [2.24, 2.45) is 0 Å². The zero-order valence-electron chi connectivity index (χ0n) is 6.46. The van der Waals surface area contributed by atoms with Crippen LogP contribution in [0.1, 0.15) is 0 Å². The minimum absolute atomic E-state index is 0.163. The average Bonchev–Trinajstić information content (AvgIpc) is 2.03. The number of aliphatic hydroxyl groups excluding tert-OH is 3. The van der Waals surface area contributed by atoms with Gasteiger partial charge in [0, 0.05) is 0 Å². The summed E-state index contributed by atoms with van der Waals surface area (Å²) in [5.41, 5.74) is 0. The summed E-state index contributed by atoms with van der Waals surface area (Å²) in [6.07, 6.45) is -1.15. The molecule has 1 atom stereocenters. The molecule has 0 aliphatic heterocycles. The van der Waals surface area contributed by atoms with Crippen LogP contribution >= 0.6 is 0 Å². The van der Waals surface area contributed by atoms with E-state index in [1.807, 2.05) is 0 Å². The zero-order chi connectivity index (χ0) is 9.56. The molecule has 0 rings (SSSR count). The quantitative estimate of drug-likeness (QED) is 0.317. The number of hydrogen-bond donors (Lipinski definition) is 3. The Morgan fingerprint density at radius 2 is 2.08 bits per heavy atom. The van der Waals surface area contributed by atoms with E-state index in [1.165, 1.54) is 0 Å². The van der Waals surface area contributed by atoms with Gasteiger partial charge in [-0.2, -0.15) is 0 Å². The van der Waals surface area contributed by atoms with Gasteiger partial charge in [-0.05, 0) is 0 Å². The van der Waals surface area contributed by atoms with Gasteiger partial charge in [-0.3, -0.25) is 0 Å². The fourth-order valence-electron chi connectivity index (χ4n) is 0.656. The normalized spacial score (nSPS) is 12.6. The second-order valence-electron chi connectivity index (χ2n) is 2.21. The van der Waals surface area contributed by atoms with Crippen LogP contribution in [0.5, 0.6) is 0 Å². The van der Waals surface area contributed by atoms with Gasteiger partial charge in [-0.25, -0.2) is 10.1 Å². The lowest BCUT2D eigenvalue weighted by Crippen LogP contribution is -2.40. The largest absolute Gasteiger partial charge is 0.394 e. The highest BCUT2D eigenvalue weighted by molar-refractivity contribution is 4.55. The third kappa shape index (κ3) is 4.06. The summed E-state index contributed by atoms with van der Waals surface area (Å²) in [6.45, 7) is -1.34. The van der Waals surface area contributed by atoms with E-state index in [9.17, 15) is 10.1 Å². The van der Waals surface area contributed by atoms with Gasteiger partial charge >= 0.3 is 0 Å². The van der Waals surface area contributed by atoms with Gasteiger partial charge in [0.2, 0.25) is 0 Å². The molecule has 0 aliphatic carbocycles. The number of nitro groups is 1. The molecular formula is C5H12N2O5.